The Balaban J connectivity index is 2.04. The Bertz CT molecular complexity index is 391. The van der Waals surface area contributed by atoms with E-state index >= 15 is 0 Å². The van der Waals surface area contributed by atoms with Gasteiger partial charge < -0.3 is 10.1 Å². The third kappa shape index (κ3) is 2.63. The van der Waals surface area contributed by atoms with E-state index in [1.165, 1.54) is 0 Å². The van der Waals surface area contributed by atoms with Crippen LogP contribution in [0.3, 0.4) is 0 Å². The molecule has 0 saturated carbocycles. The van der Waals surface area contributed by atoms with E-state index in [1.807, 2.05) is 18.2 Å². The topological polar surface area (TPSA) is 29.1 Å². The van der Waals surface area contributed by atoms with E-state index in [2.05, 4.69) is 11.4 Å². The number of halogens is 1. The average molecular weight is 238 g/mol. The number of nitrogens with one attached hydrogen (secondary N) is 1. The van der Waals surface area contributed by atoms with Gasteiger partial charge in [0.1, 0.15) is 5.78 Å². The van der Waals surface area contributed by atoms with E-state index in [0.717, 1.165) is 23.6 Å². The molecule has 1 N–H and O–H groups in total. The molecule has 0 bridgehead atoms. The van der Waals surface area contributed by atoms with Crippen LogP contribution < -0.4 is 5.32 Å². The summed E-state index contributed by atoms with van der Waals surface area (Å²) in [5, 5.41) is 4.24. The number of hydrogen-bond acceptors (Lipinski definition) is 2. The summed E-state index contributed by atoms with van der Waals surface area (Å²) in [6, 6.07) is 8.21. The van der Waals surface area contributed by atoms with Crippen molar-refractivity contribution in [2.75, 3.05) is 6.54 Å². The van der Waals surface area contributed by atoms with Gasteiger partial charge in [-0.2, -0.15) is 0 Å². The smallest absolute Gasteiger partial charge is 0.130 e. The molecule has 2 atom stereocenters. The van der Waals surface area contributed by atoms with Crippen LogP contribution >= 0.6 is 11.6 Å². The summed E-state index contributed by atoms with van der Waals surface area (Å²) in [6.45, 7) is 2.57. The Kier molecular flexibility index (Phi) is 3.62. The number of rotatable bonds is 3. The fraction of sp³-hybridized carbons (Fsp3) is 0.462. The molecule has 1 saturated heterocycles. The lowest BCUT2D eigenvalue weighted by atomic mass is 9.96. The van der Waals surface area contributed by atoms with E-state index < -0.39 is 0 Å². The van der Waals surface area contributed by atoms with Gasteiger partial charge in [-0.05, 0) is 37.4 Å². The normalized spacial score (nSPS) is 24.6. The zero-order valence-corrected chi connectivity index (χ0v) is 10.1. The molecule has 0 aromatic heterocycles. The molecular weight excluding hydrogens is 222 g/mol. The lowest BCUT2D eigenvalue weighted by Gasteiger charge is -2.12. The van der Waals surface area contributed by atoms with Crippen LogP contribution in [0.5, 0.6) is 0 Å². The van der Waals surface area contributed by atoms with Crippen LogP contribution in [0.1, 0.15) is 31.4 Å². The van der Waals surface area contributed by atoms with Crippen molar-refractivity contribution in [3.63, 3.8) is 0 Å². The molecule has 86 valence electrons. The second-order valence-corrected chi connectivity index (χ2v) is 4.90. The highest BCUT2D eigenvalue weighted by atomic mass is 35.5. The summed E-state index contributed by atoms with van der Waals surface area (Å²) >= 11 is 6.15. The summed E-state index contributed by atoms with van der Waals surface area (Å²) < 4.78 is 0. The lowest BCUT2D eigenvalue weighted by molar-refractivity contribution is -0.117. The number of Topliss-reactive ketones (excluding diaryl/α,β-unsaturated/α-hetero) is 1. The van der Waals surface area contributed by atoms with Crippen LogP contribution in [0.25, 0.3) is 0 Å². The molecule has 1 heterocycles. The molecule has 3 heteroatoms. The van der Waals surface area contributed by atoms with Crippen molar-refractivity contribution in [3.05, 3.63) is 34.9 Å². The molecule has 0 aliphatic carbocycles. The molecule has 1 fully saturated rings. The minimum absolute atomic E-state index is 0.270. The summed E-state index contributed by atoms with van der Waals surface area (Å²) in [5.41, 5.74) is 1.15. The molecule has 0 spiro atoms. The van der Waals surface area contributed by atoms with Crippen molar-refractivity contribution in [1.29, 1.82) is 0 Å². The van der Waals surface area contributed by atoms with E-state index in [9.17, 15) is 4.79 Å². The molecule has 1 aromatic carbocycles. The molecule has 1 aliphatic rings. The Morgan fingerprint density at radius 3 is 2.94 bits per heavy atom. The number of hydrogen-bond donors (Lipinski definition) is 1. The average Bonchev–Trinajstić information content (AvgIpc) is 2.66. The van der Waals surface area contributed by atoms with Gasteiger partial charge in [-0.3, -0.25) is 0 Å². The van der Waals surface area contributed by atoms with E-state index in [4.69, 9.17) is 11.6 Å². The summed E-state index contributed by atoms with van der Waals surface area (Å²) in [7, 11) is 0. The number of carbonyl (C=O) groups is 1. The van der Waals surface area contributed by atoms with Crippen LogP contribution in [0.2, 0.25) is 5.02 Å². The molecule has 1 aromatic rings. The molecule has 2 rings (SSSR count). The molecular formula is C13H16ClNO. The van der Waals surface area contributed by atoms with Gasteiger partial charge in [0, 0.05) is 17.5 Å². The largest absolute Gasteiger partial charge is 0.310 e. The van der Waals surface area contributed by atoms with Crippen LogP contribution in [-0.2, 0) is 4.79 Å². The summed E-state index contributed by atoms with van der Waals surface area (Å²) in [6.07, 6.45) is 1.68. The lowest BCUT2D eigenvalue weighted by Crippen LogP contribution is -2.14. The van der Waals surface area contributed by atoms with E-state index in [-0.39, 0.29) is 5.78 Å². The minimum atomic E-state index is 0.270. The Labute approximate surface area is 101 Å². The predicted molar refractivity (Wildman–Crippen MR) is 65.6 cm³/mol. The van der Waals surface area contributed by atoms with Crippen LogP contribution in [0.4, 0.5) is 0 Å². The number of carbonyl (C=O) groups excluding carboxylic acids is 1. The Morgan fingerprint density at radius 1 is 1.50 bits per heavy atom. The third-order valence-electron chi connectivity index (χ3n) is 3.08. The van der Waals surface area contributed by atoms with Crippen molar-refractivity contribution in [2.24, 2.45) is 5.92 Å². The van der Waals surface area contributed by atoms with Gasteiger partial charge in [0.25, 0.3) is 0 Å². The SMILES string of the molecule is CC(=O)CC1CNC(c2ccccc2Cl)C1. The van der Waals surface area contributed by atoms with Crippen LogP contribution in [0, 0.1) is 5.92 Å². The molecule has 0 radical (unpaired) electrons. The Hall–Kier alpha value is -0.860. The summed E-state index contributed by atoms with van der Waals surface area (Å²) in [4.78, 5) is 11.1. The molecule has 2 unspecified atom stereocenters. The van der Waals surface area contributed by atoms with Gasteiger partial charge in [0.2, 0.25) is 0 Å². The first-order valence-electron chi connectivity index (χ1n) is 5.64. The zero-order valence-electron chi connectivity index (χ0n) is 9.37. The maximum absolute atomic E-state index is 11.1. The predicted octanol–water partition coefficient (Wildman–Crippen LogP) is 2.97. The van der Waals surface area contributed by atoms with Gasteiger partial charge in [-0.1, -0.05) is 29.8 Å². The highest BCUT2D eigenvalue weighted by molar-refractivity contribution is 6.31. The zero-order chi connectivity index (χ0) is 11.5. The molecule has 2 nitrogen and oxygen atoms in total. The van der Waals surface area contributed by atoms with Crippen LogP contribution in [-0.4, -0.2) is 12.3 Å². The van der Waals surface area contributed by atoms with Gasteiger partial charge in [0.15, 0.2) is 0 Å². The van der Waals surface area contributed by atoms with Crippen molar-refractivity contribution in [2.45, 2.75) is 25.8 Å². The standard InChI is InChI=1S/C13H16ClNO/c1-9(16)6-10-7-13(15-8-10)11-4-2-3-5-12(11)14/h2-5,10,13,15H,6-8H2,1H3. The number of benzene rings is 1. The third-order valence-corrected chi connectivity index (χ3v) is 3.42. The first-order valence-corrected chi connectivity index (χ1v) is 6.02. The minimum Gasteiger partial charge on any atom is -0.310 e. The van der Waals surface area contributed by atoms with E-state index in [0.29, 0.717) is 18.4 Å². The van der Waals surface area contributed by atoms with Crippen molar-refractivity contribution in [1.82, 2.24) is 5.32 Å². The Morgan fingerprint density at radius 2 is 2.25 bits per heavy atom. The summed E-state index contributed by atoms with van der Waals surface area (Å²) in [5.74, 6) is 0.727. The number of ketones is 1. The molecule has 1 aliphatic heterocycles. The molecule has 0 amide bonds. The van der Waals surface area contributed by atoms with Gasteiger partial charge >= 0.3 is 0 Å². The molecule has 16 heavy (non-hydrogen) atoms. The van der Waals surface area contributed by atoms with E-state index in [1.54, 1.807) is 6.92 Å². The fourth-order valence-electron chi connectivity index (χ4n) is 2.37. The second kappa shape index (κ2) is 4.98. The van der Waals surface area contributed by atoms with Gasteiger partial charge in [0.05, 0.1) is 0 Å². The van der Waals surface area contributed by atoms with Gasteiger partial charge in [-0.15, -0.1) is 0 Å². The van der Waals surface area contributed by atoms with Crippen LogP contribution in [0.15, 0.2) is 24.3 Å². The van der Waals surface area contributed by atoms with Crippen molar-refractivity contribution >= 4 is 17.4 Å². The second-order valence-electron chi connectivity index (χ2n) is 4.49. The fourth-order valence-corrected chi connectivity index (χ4v) is 2.63. The van der Waals surface area contributed by atoms with Gasteiger partial charge in [-0.25, -0.2) is 0 Å². The van der Waals surface area contributed by atoms with Crippen molar-refractivity contribution < 1.29 is 4.79 Å². The van der Waals surface area contributed by atoms with Crippen molar-refractivity contribution in [3.8, 4) is 0 Å². The maximum Gasteiger partial charge on any atom is 0.130 e. The highest BCUT2D eigenvalue weighted by Gasteiger charge is 2.26. The first-order chi connectivity index (χ1) is 7.66. The quantitative estimate of drug-likeness (QED) is 0.876. The highest BCUT2D eigenvalue weighted by Crippen LogP contribution is 2.32. The maximum atomic E-state index is 11.1. The monoisotopic (exact) mass is 237 g/mol. The first kappa shape index (κ1) is 11.6.